The highest BCUT2D eigenvalue weighted by atomic mass is 35.5. The van der Waals surface area contributed by atoms with Crippen LogP contribution in [0.1, 0.15) is 41.4 Å². The Labute approximate surface area is 172 Å². The molecule has 1 saturated heterocycles. The van der Waals surface area contributed by atoms with E-state index < -0.39 is 0 Å². The lowest BCUT2D eigenvalue weighted by molar-refractivity contribution is 0.0675. The van der Waals surface area contributed by atoms with Gasteiger partial charge in [0.05, 0.1) is 6.26 Å². The summed E-state index contributed by atoms with van der Waals surface area (Å²) in [6.45, 7) is 4.29. The Balaban J connectivity index is 0.00000131. The van der Waals surface area contributed by atoms with Crippen molar-refractivity contribution < 1.29 is 9.21 Å². The van der Waals surface area contributed by atoms with Gasteiger partial charge in [-0.1, -0.05) is 18.2 Å². The van der Waals surface area contributed by atoms with Gasteiger partial charge in [-0.25, -0.2) is 0 Å². The summed E-state index contributed by atoms with van der Waals surface area (Å²) in [5.41, 5.74) is 9.60. The molecule has 0 radical (unpaired) electrons. The smallest absolute Gasteiger partial charge is 0.289 e. The van der Waals surface area contributed by atoms with E-state index in [2.05, 4.69) is 36.1 Å². The standard InChI is InChI=1S/C20H25N3O2.2ClH/c1-14-11-15-5-2-3-7-18(15)23(14)12-16-8-10-25-19(16)20(24)22-9-4-6-17(21)13-22;;/h2-3,5,7-8,10,14,17H,4,6,9,11-13,21H2,1H3;2*1H. The van der Waals surface area contributed by atoms with Crippen molar-refractivity contribution in [1.29, 1.82) is 0 Å². The molecule has 1 amide bonds. The minimum atomic E-state index is -0.0321. The van der Waals surface area contributed by atoms with Gasteiger partial charge in [0.15, 0.2) is 5.76 Å². The van der Waals surface area contributed by atoms with Crippen LogP contribution in [0.3, 0.4) is 0 Å². The van der Waals surface area contributed by atoms with Gasteiger partial charge in [-0.2, -0.15) is 0 Å². The lowest BCUT2D eigenvalue weighted by Crippen LogP contribution is -2.45. The summed E-state index contributed by atoms with van der Waals surface area (Å²) >= 11 is 0. The maximum absolute atomic E-state index is 12.9. The number of furan rings is 1. The molecule has 0 bridgehead atoms. The van der Waals surface area contributed by atoms with E-state index in [0.29, 0.717) is 24.9 Å². The van der Waals surface area contributed by atoms with E-state index in [0.717, 1.165) is 31.4 Å². The lowest BCUT2D eigenvalue weighted by atomic mass is 10.1. The molecule has 5 nitrogen and oxygen atoms in total. The molecule has 0 spiro atoms. The summed E-state index contributed by atoms with van der Waals surface area (Å²) in [6, 6.07) is 10.9. The first-order valence-corrected chi connectivity index (χ1v) is 9.09. The van der Waals surface area contributed by atoms with E-state index in [1.807, 2.05) is 11.0 Å². The molecule has 2 aliphatic rings. The van der Waals surface area contributed by atoms with Crippen LogP contribution in [0, 0.1) is 0 Å². The van der Waals surface area contributed by atoms with Crippen molar-refractivity contribution in [3.05, 3.63) is 53.5 Å². The van der Waals surface area contributed by atoms with Crippen molar-refractivity contribution in [3.8, 4) is 0 Å². The fraction of sp³-hybridized carbons (Fsp3) is 0.450. The average molecular weight is 412 g/mol. The molecule has 3 heterocycles. The number of hydrogen-bond acceptors (Lipinski definition) is 4. The van der Waals surface area contributed by atoms with Crippen LogP contribution in [0.15, 0.2) is 41.0 Å². The van der Waals surface area contributed by atoms with Crippen molar-refractivity contribution >= 4 is 36.4 Å². The lowest BCUT2D eigenvalue weighted by Gasteiger charge is -2.30. The Kier molecular flexibility index (Phi) is 7.20. The number of rotatable bonds is 3. The van der Waals surface area contributed by atoms with E-state index in [9.17, 15) is 4.79 Å². The number of likely N-dealkylation sites (tertiary alicyclic amines) is 1. The van der Waals surface area contributed by atoms with Crippen molar-refractivity contribution in [2.45, 2.75) is 44.8 Å². The molecule has 2 atom stereocenters. The first-order chi connectivity index (χ1) is 12.1. The van der Waals surface area contributed by atoms with E-state index in [1.165, 1.54) is 11.3 Å². The van der Waals surface area contributed by atoms with E-state index in [-0.39, 0.29) is 36.8 Å². The number of nitrogens with two attached hydrogens (primary N) is 1. The number of fused-ring (bicyclic) bond motifs is 1. The zero-order chi connectivity index (χ0) is 17.4. The Morgan fingerprint density at radius 2 is 2.04 bits per heavy atom. The zero-order valence-electron chi connectivity index (χ0n) is 15.5. The molecule has 0 aliphatic carbocycles. The number of anilines is 1. The fourth-order valence-corrected chi connectivity index (χ4v) is 4.04. The summed E-state index contributed by atoms with van der Waals surface area (Å²) in [4.78, 5) is 17.1. The van der Waals surface area contributed by atoms with Crippen LogP contribution in [-0.2, 0) is 13.0 Å². The van der Waals surface area contributed by atoms with E-state index in [4.69, 9.17) is 10.2 Å². The Morgan fingerprint density at radius 3 is 2.81 bits per heavy atom. The molecule has 1 aromatic heterocycles. The largest absolute Gasteiger partial charge is 0.459 e. The summed E-state index contributed by atoms with van der Waals surface area (Å²) in [5.74, 6) is 0.431. The summed E-state index contributed by atoms with van der Waals surface area (Å²) < 4.78 is 5.59. The van der Waals surface area contributed by atoms with Gasteiger partial charge in [-0.3, -0.25) is 4.79 Å². The number of benzene rings is 1. The van der Waals surface area contributed by atoms with Crippen LogP contribution >= 0.6 is 24.8 Å². The summed E-state index contributed by atoms with van der Waals surface area (Å²) in [5, 5.41) is 0. The molecule has 1 aromatic carbocycles. The molecule has 2 aromatic rings. The molecular formula is C20H27Cl2N3O2. The number of carbonyl (C=O) groups is 1. The van der Waals surface area contributed by atoms with Gasteiger partial charge in [-0.15, -0.1) is 24.8 Å². The number of carbonyl (C=O) groups excluding carboxylic acids is 1. The maximum atomic E-state index is 12.9. The molecule has 2 N–H and O–H groups in total. The van der Waals surface area contributed by atoms with Crippen LogP contribution in [0.5, 0.6) is 0 Å². The number of halogens is 2. The third-order valence-electron chi connectivity index (χ3n) is 5.38. The normalized spacial score (nSPS) is 21.3. The van der Waals surface area contributed by atoms with Crippen LogP contribution in [0.4, 0.5) is 5.69 Å². The van der Waals surface area contributed by atoms with Crippen molar-refractivity contribution in [2.24, 2.45) is 5.73 Å². The molecule has 4 rings (SSSR count). The third-order valence-corrected chi connectivity index (χ3v) is 5.38. The predicted octanol–water partition coefficient (Wildman–Crippen LogP) is 3.64. The van der Waals surface area contributed by atoms with Crippen LogP contribution in [-0.4, -0.2) is 36.0 Å². The SMILES string of the molecule is CC1Cc2ccccc2N1Cc1ccoc1C(=O)N1CCCC(N)C1.Cl.Cl. The van der Waals surface area contributed by atoms with Gasteiger partial charge in [0.1, 0.15) is 0 Å². The predicted molar refractivity (Wildman–Crippen MR) is 112 cm³/mol. The highest BCUT2D eigenvalue weighted by Gasteiger charge is 2.30. The second-order valence-corrected chi connectivity index (χ2v) is 7.24. The number of para-hydroxylation sites is 1. The highest BCUT2D eigenvalue weighted by Crippen LogP contribution is 2.33. The minimum absolute atomic E-state index is 0. The number of piperidine rings is 1. The molecule has 148 valence electrons. The topological polar surface area (TPSA) is 62.7 Å². The minimum Gasteiger partial charge on any atom is -0.459 e. The Hall–Kier alpha value is -1.69. The molecule has 0 saturated carbocycles. The Bertz CT molecular complexity index is 780. The van der Waals surface area contributed by atoms with Crippen molar-refractivity contribution in [1.82, 2.24) is 4.90 Å². The van der Waals surface area contributed by atoms with Gasteiger partial charge in [-0.05, 0) is 43.9 Å². The molecule has 27 heavy (non-hydrogen) atoms. The van der Waals surface area contributed by atoms with E-state index in [1.54, 1.807) is 6.26 Å². The summed E-state index contributed by atoms with van der Waals surface area (Å²) in [6.07, 6.45) is 4.60. The second kappa shape index (κ2) is 9.00. The summed E-state index contributed by atoms with van der Waals surface area (Å²) in [7, 11) is 0. The van der Waals surface area contributed by atoms with E-state index >= 15 is 0 Å². The van der Waals surface area contributed by atoms with Gasteiger partial charge in [0.2, 0.25) is 0 Å². The fourth-order valence-electron chi connectivity index (χ4n) is 4.04. The highest BCUT2D eigenvalue weighted by molar-refractivity contribution is 5.93. The van der Waals surface area contributed by atoms with Crippen molar-refractivity contribution in [3.63, 3.8) is 0 Å². The van der Waals surface area contributed by atoms with Crippen LogP contribution < -0.4 is 10.6 Å². The molecule has 2 unspecified atom stereocenters. The quantitative estimate of drug-likeness (QED) is 0.836. The number of amides is 1. The van der Waals surface area contributed by atoms with Gasteiger partial charge >= 0.3 is 0 Å². The third kappa shape index (κ3) is 4.26. The molecular weight excluding hydrogens is 385 g/mol. The first-order valence-electron chi connectivity index (χ1n) is 9.09. The van der Waals surface area contributed by atoms with Gasteiger partial charge < -0.3 is 20.0 Å². The van der Waals surface area contributed by atoms with Crippen LogP contribution in [0.25, 0.3) is 0 Å². The van der Waals surface area contributed by atoms with Gasteiger partial charge in [0, 0.05) is 43.0 Å². The van der Waals surface area contributed by atoms with Crippen LogP contribution in [0.2, 0.25) is 0 Å². The number of hydrogen-bond donors (Lipinski definition) is 1. The molecule has 1 fully saturated rings. The first kappa shape index (κ1) is 21.6. The number of nitrogens with zero attached hydrogens (tertiary/aromatic N) is 2. The van der Waals surface area contributed by atoms with Gasteiger partial charge in [0.25, 0.3) is 5.91 Å². The molecule has 2 aliphatic heterocycles. The monoisotopic (exact) mass is 411 g/mol. The Morgan fingerprint density at radius 1 is 1.26 bits per heavy atom. The second-order valence-electron chi connectivity index (χ2n) is 7.24. The van der Waals surface area contributed by atoms with Crippen molar-refractivity contribution in [2.75, 3.05) is 18.0 Å². The zero-order valence-corrected chi connectivity index (χ0v) is 17.1. The molecule has 7 heteroatoms. The average Bonchev–Trinajstić information content (AvgIpc) is 3.19. The maximum Gasteiger partial charge on any atom is 0.289 e.